The molecule has 1 aromatic heterocycles. The Balaban J connectivity index is 0.792. The molecule has 0 saturated carbocycles. The number of nitrogens with one attached hydrogen (secondary N) is 4. The number of carbonyl (C=O) groups excluding carboxylic acids is 7. The molecular weight excluding hydrogens is 1040 g/mol. The first-order chi connectivity index (χ1) is 37.4. The number of rotatable bonds is 23. The Kier molecular flexibility index (Phi) is 18.7. The molecule has 8 rings (SSSR count). The normalized spacial score (nSPS) is 18.9. The van der Waals surface area contributed by atoms with Crippen LogP contribution in [-0.4, -0.2) is 143 Å². The number of hydrogen-bond donors (Lipinski definition) is 4. The number of imide groups is 2. The third-order valence-corrected chi connectivity index (χ3v) is 15.1. The molecule has 3 aromatic carbocycles. The Bertz CT molecular complexity index is 2980. The molecule has 0 spiro atoms. The van der Waals surface area contributed by atoms with Crippen molar-refractivity contribution in [3.63, 3.8) is 0 Å². The van der Waals surface area contributed by atoms with E-state index in [2.05, 4.69) is 49.9 Å². The van der Waals surface area contributed by atoms with Gasteiger partial charge in [0.15, 0.2) is 5.82 Å². The van der Waals surface area contributed by atoms with Crippen LogP contribution in [0.3, 0.4) is 0 Å². The van der Waals surface area contributed by atoms with Crippen molar-refractivity contribution >= 4 is 82.0 Å². The van der Waals surface area contributed by atoms with Gasteiger partial charge in [0.1, 0.15) is 35.9 Å². The summed E-state index contributed by atoms with van der Waals surface area (Å²) in [6.45, 7) is 13.5. The van der Waals surface area contributed by atoms with E-state index in [1.807, 2.05) is 31.2 Å². The number of benzene rings is 3. The first kappa shape index (κ1) is 57.0. The largest absolute Gasteiger partial charge is 0.491 e. The third-order valence-electron chi connectivity index (χ3n) is 13.4. The van der Waals surface area contributed by atoms with Crippen LogP contribution in [0.2, 0.25) is 5.02 Å². The summed E-state index contributed by atoms with van der Waals surface area (Å²) in [5.74, 6) is -0.836. The number of ether oxygens (including phenoxy) is 4. The van der Waals surface area contributed by atoms with Gasteiger partial charge in [-0.25, -0.2) is 4.79 Å². The predicted octanol–water partition coefficient (Wildman–Crippen LogP) is 7.03. The summed E-state index contributed by atoms with van der Waals surface area (Å²) in [7, 11) is 0. The summed E-state index contributed by atoms with van der Waals surface area (Å²) in [4.78, 5) is 99.3. The van der Waals surface area contributed by atoms with Crippen molar-refractivity contribution < 1.29 is 52.5 Å². The zero-order valence-electron chi connectivity index (χ0n) is 44.5. The van der Waals surface area contributed by atoms with Crippen LogP contribution in [0.1, 0.15) is 116 Å². The Morgan fingerprint density at radius 1 is 0.872 bits per heavy atom. The standard InChI is InChI=1S/C55H65ClN10O11S/c1-32-33(2)78-53-46(32)48(35-12-14-36(56)15-13-35)60-41(49-63-62-34(3)65(49)53)31-44(68)59-37-16-18-38(19-17-37)76-30-29-75-28-25-64(45(69)11-8-22-58-54(73)77-55(4,5)6)24-27-74-26-23-57-40-10-7-9-39-47(40)52(72)66(51(39)71)42-20-21-43(67)61-50(42)70/h7,9-10,12-19,41-42,46,53,57H,8,11,20-31H2,1-6H3,(H,58,73)(H,59,68)(H,61,67,70)/t41-,42?,46?,53?/m0/s1. The van der Waals surface area contributed by atoms with E-state index in [9.17, 15) is 33.6 Å². The Morgan fingerprint density at radius 3 is 2.32 bits per heavy atom. The van der Waals surface area contributed by atoms with Gasteiger partial charge in [0.2, 0.25) is 23.6 Å². The fourth-order valence-electron chi connectivity index (χ4n) is 9.54. The Hall–Kier alpha value is -7.14. The van der Waals surface area contributed by atoms with Crippen LogP contribution >= 0.6 is 23.4 Å². The number of allylic oxidation sites excluding steroid dienone is 2. The van der Waals surface area contributed by atoms with Gasteiger partial charge in [-0.05, 0) is 113 Å². The molecule has 0 radical (unpaired) electrons. The van der Waals surface area contributed by atoms with Gasteiger partial charge >= 0.3 is 6.09 Å². The van der Waals surface area contributed by atoms with Crippen molar-refractivity contribution in [2.75, 3.05) is 69.8 Å². The number of anilines is 2. The van der Waals surface area contributed by atoms with Crippen molar-refractivity contribution in [1.82, 2.24) is 35.2 Å². The second kappa shape index (κ2) is 25.6. The number of hydrogen-bond acceptors (Lipinski definition) is 16. The zero-order chi connectivity index (χ0) is 55.7. The minimum atomic E-state index is -1.08. The molecule has 0 aliphatic carbocycles. The van der Waals surface area contributed by atoms with Gasteiger partial charge in [-0.3, -0.25) is 48.5 Å². The molecule has 7 amide bonds. The van der Waals surface area contributed by atoms with E-state index < -0.39 is 47.4 Å². The number of thioether (sulfide) groups is 1. The van der Waals surface area contributed by atoms with Crippen molar-refractivity contribution in [1.29, 1.82) is 0 Å². The molecule has 78 heavy (non-hydrogen) atoms. The molecule has 1 fully saturated rings. The first-order valence-corrected chi connectivity index (χ1v) is 27.2. The van der Waals surface area contributed by atoms with Crippen LogP contribution in [-0.2, 0) is 33.4 Å². The smallest absolute Gasteiger partial charge is 0.407 e. The van der Waals surface area contributed by atoms with Crippen molar-refractivity contribution in [2.45, 2.75) is 96.7 Å². The van der Waals surface area contributed by atoms with Crippen molar-refractivity contribution in [2.24, 2.45) is 10.9 Å². The number of carbonyl (C=O) groups is 7. The average molecular weight is 1110 g/mol. The monoisotopic (exact) mass is 1110 g/mol. The fraction of sp³-hybridized carbons (Fsp3) is 0.455. The summed E-state index contributed by atoms with van der Waals surface area (Å²) >= 11 is 8.04. The van der Waals surface area contributed by atoms with Gasteiger partial charge in [-0.2, -0.15) is 0 Å². The van der Waals surface area contributed by atoms with Crippen LogP contribution in [0.5, 0.6) is 5.75 Å². The molecule has 3 unspecified atom stereocenters. The van der Waals surface area contributed by atoms with E-state index in [4.69, 9.17) is 35.5 Å². The molecule has 414 valence electrons. The minimum Gasteiger partial charge on any atom is -0.491 e. The molecular formula is C55H65ClN10O11S. The first-order valence-electron chi connectivity index (χ1n) is 26.0. The fourth-order valence-corrected chi connectivity index (χ4v) is 11.2. The van der Waals surface area contributed by atoms with Crippen LogP contribution < -0.4 is 26.0 Å². The number of alkyl carbamates (subject to hydrolysis) is 1. The zero-order valence-corrected chi connectivity index (χ0v) is 46.1. The van der Waals surface area contributed by atoms with E-state index in [0.717, 1.165) is 22.0 Å². The lowest BCUT2D eigenvalue weighted by Crippen LogP contribution is -2.54. The van der Waals surface area contributed by atoms with Gasteiger partial charge < -0.3 is 39.8 Å². The van der Waals surface area contributed by atoms with Gasteiger partial charge in [-0.15, -0.1) is 22.0 Å². The average Bonchev–Trinajstić information content (AvgIpc) is 4.22. The SMILES string of the molecule is CC1=C(C)C2C(c3ccc(Cl)cc3)=N[C@@H](CC(=O)Nc3ccc(OCCOCCN(CCOCCNc4cccc5c4C(=O)N(C4CCC(=O)NC4=O)C5=O)C(=O)CCCNC(=O)OC(C)(C)C)cc3)c3nnc(C)n3C2S1. The van der Waals surface area contributed by atoms with E-state index in [1.165, 1.54) is 16.5 Å². The van der Waals surface area contributed by atoms with Gasteiger partial charge in [0.25, 0.3) is 11.8 Å². The lowest BCUT2D eigenvalue weighted by molar-refractivity contribution is -0.136. The minimum absolute atomic E-state index is 0.0183. The molecule has 0 bridgehead atoms. The second-order valence-corrected chi connectivity index (χ2v) is 21.9. The quantitative estimate of drug-likeness (QED) is 0.0430. The van der Waals surface area contributed by atoms with Crippen molar-refractivity contribution in [3.05, 3.63) is 111 Å². The molecule has 4 aliphatic rings. The number of aliphatic imine (C=N–C) groups is 1. The van der Waals surface area contributed by atoms with Gasteiger partial charge in [0.05, 0.1) is 61.0 Å². The molecule has 4 aromatic rings. The van der Waals surface area contributed by atoms with E-state index in [1.54, 1.807) is 73.8 Å². The molecule has 5 heterocycles. The van der Waals surface area contributed by atoms with Crippen LogP contribution in [0.4, 0.5) is 16.2 Å². The summed E-state index contributed by atoms with van der Waals surface area (Å²) < 4.78 is 25.1. The topological polar surface area (TPSA) is 254 Å². The highest BCUT2D eigenvalue weighted by atomic mass is 35.5. The lowest BCUT2D eigenvalue weighted by Gasteiger charge is -2.27. The summed E-state index contributed by atoms with van der Waals surface area (Å²) in [5, 5.41) is 20.6. The molecule has 1 saturated heterocycles. The number of aryl methyl sites for hydroxylation is 1. The van der Waals surface area contributed by atoms with Crippen molar-refractivity contribution in [3.8, 4) is 5.75 Å². The second-order valence-electron chi connectivity index (χ2n) is 20.1. The highest BCUT2D eigenvalue weighted by molar-refractivity contribution is 8.03. The third kappa shape index (κ3) is 13.9. The summed E-state index contributed by atoms with van der Waals surface area (Å²) in [6.07, 6.45) is 0.0710. The highest BCUT2D eigenvalue weighted by Crippen LogP contribution is 2.53. The lowest BCUT2D eigenvalue weighted by atomic mass is 9.90. The maximum absolute atomic E-state index is 13.7. The number of amides is 7. The summed E-state index contributed by atoms with van der Waals surface area (Å²) in [5.41, 5.74) is 3.66. The highest BCUT2D eigenvalue weighted by Gasteiger charge is 2.46. The Labute approximate surface area is 461 Å². The van der Waals surface area contributed by atoms with Gasteiger partial charge in [-0.1, -0.05) is 35.4 Å². The number of aromatic nitrogens is 3. The number of halogens is 1. The van der Waals surface area contributed by atoms with E-state index >= 15 is 0 Å². The molecule has 4 N–H and O–H groups in total. The maximum Gasteiger partial charge on any atom is 0.407 e. The Morgan fingerprint density at radius 2 is 1.60 bits per heavy atom. The van der Waals surface area contributed by atoms with Crippen LogP contribution in [0.15, 0.2) is 82.2 Å². The molecule has 4 atom stereocenters. The summed E-state index contributed by atoms with van der Waals surface area (Å²) in [6, 6.07) is 17.8. The maximum atomic E-state index is 13.7. The van der Waals surface area contributed by atoms with Crippen LogP contribution in [0, 0.1) is 12.8 Å². The van der Waals surface area contributed by atoms with Crippen LogP contribution in [0.25, 0.3) is 0 Å². The predicted molar refractivity (Wildman–Crippen MR) is 292 cm³/mol. The van der Waals surface area contributed by atoms with E-state index in [0.29, 0.717) is 34.4 Å². The van der Waals surface area contributed by atoms with Gasteiger partial charge in [0, 0.05) is 55.4 Å². The molecule has 23 heteroatoms. The number of nitrogens with zero attached hydrogens (tertiary/aromatic N) is 6. The molecule has 21 nitrogen and oxygen atoms in total. The number of fused-ring (bicyclic) bond motifs is 4. The van der Waals surface area contributed by atoms with E-state index in [-0.39, 0.29) is 119 Å². The number of piperidine rings is 1. The molecule has 4 aliphatic heterocycles.